The predicted molar refractivity (Wildman–Crippen MR) is 144 cm³/mol. The van der Waals surface area contributed by atoms with Crippen LogP contribution in [0.2, 0.25) is 0 Å². The Morgan fingerprint density at radius 2 is 1.50 bits per heavy atom. The predicted octanol–water partition coefficient (Wildman–Crippen LogP) is 4.47. The number of hydrogen-bond acceptors (Lipinski definition) is 7. The second kappa shape index (κ2) is 11.7. The van der Waals surface area contributed by atoms with E-state index in [1.165, 1.54) is 26.5 Å². The van der Waals surface area contributed by atoms with Crippen LogP contribution in [-0.4, -0.2) is 38.2 Å². The lowest BCUT2D eigenvalue weighted by Crippen LogP contribution is -2.32. The van der Waals surface area contributed by atoms with E-state index in [0.717, 1.165) is 16.3 Å². The van der Waals surface area contributed by atoms with Crippen molar-refractivity contribution in [1.29, 1.82) is 0 Å². The number of methoxy groups -OCH3 is 2. The molecule has 2 N–H and O–H groups in total. The van der Waals surface area contributed by atoms with Crippen LogP contribution in [0.4, 0.5) is 5.69 Å². The molecule has 0 saturated heterocycles. The van der Waals surface area contributed by atoms with Crippen molar-refractivity contribution in [2.75, 3.05) is 19.5 Å². The Kier molecular flexibility index (Phi) is 7.98. The molecule has 0 unspecified atom stereocenters. The van der Waals surface area contributed by atoms with E-state index in [0.29, 0.717) is 22.7 Å². The molecule has 0 aliphatic carbocycles. The molecule has 2 amide bonds. The number of amides is 2. The molecule has 0 spiro atoms. The maximum absolute atomic E-state index is 13.0. The van der Waals surface area contributed by atoms with E-state index in [9.17, 15) is 14.4 Å². The van der Waals surface area contributed by atoms with Crippen molar-refractivity contribution in [3.63, 3.8) is 0 Å². The van der Waals surface area contributed by atoms with Crippen LogP contribution in [0.15, 0.2) is 84.0 Å². The number of benzene rings is 4. The zero-order valence-corrected chi connectivity index (χ0v) is 21.0. The van der Waals surface area contributed by atoms with Gasteiger partial charge in [0.15, 0.2) is 11.5 Å². The fourth-order valence-corrected chi connectivity index (χ4v) is 3.65. The Labute approximate surface area is 219 Å². The molecule has 9 nitrogen and oxygen atoms in total. The Morgan fingerprint density at radius 3 is 2.24 bits per heavy atom. The van der Waals surface area contributed by atoms with Gasteiger partial charge in [-0.15, -0.1) is 0 Å². The van der Waals surface area contributed by atoms with Crippen LogP contribution in [0.5, 0.6) is 17.2 Å². The minimum Gasteiger partial charge on any atom is -0.493 e. The molecular formula is C29H25N3O6. The van der Waals surface area contributed by atoms with Gasteiger partial charge in [0.2, 0.25) is 0 Å². The van der Waals surface area contributed by atoms with Gasteiger partial charge in [-0.2, -0.15) is 5.10 Å². The highest BCUT2D eigenvalue weighted by molar-refractivity contribution is 6.39. The number of aryl methyl sites for hydroxylation is 1. The summed E-state index contributed by atoms with van der Waals surface area (Å²) < 4.78 is 16.2. The number of anilines is 1. The van der Waals surface area contributed by atoms with Crippen LogP contribution in [0.25, 0.3) is 10.8 Å². The van der Waals surface area contributed by atoms with Crippen LogP contribution >= 0.6 is 0 Å². The maximum atomic E-state index is 13.0. The van der Waals surface area contributed by atoms with Crippen LogP contribution in [0, 0.1) is 6.92 Å². The zero-order valence-electron chi connectivity index (χ0n) is 21.0. The molecule has 0 atom stereocenters. The van der Waals surface area contributed by atoms with Crippen molar-refractivity contribution in [2.24, 2.45) is 5.10 Å². The number of nitrogens with one attached hydrogen (secondary N) is 2. The van der Waals surface area contributed by atoms with Crippen molar-refractivity contribution in [3.8, 4) is 17.2 Å². The molecule has 0 heterocycles. The summed E-state index contributed by atoms with van der Waals surface area (Å²) in [6.07, 6.45) is 1.33. The van der Waals surface area contributed by atoms with E-state index in [2.05, 4.69) is 15.8 Å². The lowest BCUT2D eigenvalue weighted by atomic mass is 10.0. The molecule has 4 rings (SSSR count). The summed E-state index contributed by atoms with van der Waals surface area (Å²) in [7, 11) is 2.97. The summed E-state index contributed by atoms with van der Waals surface area (Å²) in [5.74, 6) is -1.38. The average molecular weight is 512 g/mol. The minimum atomic E-state index is -0.953. The lowest BCUT2D eigenvalue weighted by Gasteiger charge is -2.12. The Balaban J connectivity index is 1.55. The number of fused-ring (bicyclic) bond motifs is 1. The van der Waals surface area contributed by atoms with Crippen LogP contribution in [0.3, 0.4) is 0 Å². The van der Waals surface area contributed by atoms with Crippen molar-refractivity contribution < 1.29 is 28.6 Å². The second-order valence-electron chi connectivity index (χ2n) is 8.18. The highest BCUT2D eigenvalue weighted by Gasteiger charge is 2.17. The average Bonchev–Trinajstić information content (AvgIpc) is 2.94. The van der Waals surface area contributed by atoms with Gasteiger partial charge >= 0.3 is 17.8 Å². The van der Waals surface area contributed by atoms with Gasteiger partial charge in [0.05, 0.1) is 26.0 Å². The molecule has 4 aromatic carbocycles. The van der Waals surface area contributed by atoms with Crippen molar-refractivity contribution in [3.05, 3.63) is 95.6 Å². The van der Waals surface area contributed by atoms with E-state index in [-0.39, 0.29) is 11.3 Å². The lowest BCUT2D eigenvalue weighted by molar-refractivity contribution is -0.136. The Bertz CT molecular complexity index is 1530. The first-order valence-electron chi connectivity index (χ1n) is 11.6. The summed E-state index contributed by atoms with van der Waals surface area (Å²) in [6.45, 7) is 1.92. The summed E-state index contributed by atoms with van der Waals surface area (Å²) >= 11 is 0. The minimum absolute atomic E-state index is 0.214. The number of hydrogen-bond donors (Lipinski definition) is 2. The molecule has 0 aliphatic heterocycles. The fraction of sp³-hybridized carbons (Fsp3) is 0.103. The summed E-state index contributed by atoms with van der Waals surface area (Å²) in [5.41, 5.74) is 4.41. The molecular weight excluding hydrogens is 486 g/mol. The zero-order chi connectivity index (χ0) is 27.1. The number of esters is 1. The first-order chi connectivity index (χ1) is 18.4. The summed E-state index contributed by atoms with van der Waals surface area (Å²) in [6, 6.07) is 22.6. The molecule has 0 bridgehead atoms. The first-order valence-corrected chi connectivity index (χ1v) is 11.6. The molecule has 0 aliphatic rings. The maximum Gasteiger partial charge on any atom is 0.343 e. The van der Waals surface area contributed by atoms with Gasteiger partial charge in [0.1, 0.15) is 5.75 Å². The smallest absolute Gasteiger partial charge is 0.343 e. The van der Waals surface area contributed by atoms with Crippen molar-refractivity contribution in [2.45, 2.75) is 6.92 Å². The van der Waals surface area contributed by atoms with Crippen LogP contribution in [0.1, 0.15) is 21.5 Å². The third-order valence-corrected chi connectivity index (χ3v) is 5.63. The SMILES string of the molecule is COc1ccc(C(=O)Oc2ccc3ccccc3c2/C=N/NC(=O)C(=O)Nc2ccc(C)cc2)cc1OC. The molecule has 0 fully saturated rings. The largest absolute Gasteiger partial charge is 0.493 e. The van der Waals surface area contributed by atoms with E-state index in [1.54, 1.807) is 36.4 Å². The van der Waals surface area contributed by atoms with Crippen molar-refractivity contribution >= 4 is 40.5 Å². The van der Waals surface area contributed by atoms with Gasteiger partial charge in [-0.25, -0.2) is 10.2 Å². The number of carbonyl (C=O) groups excluding carboxylic acids is 3. The molecule has 38 heavy (non-hydrogen) atoms. The Hall–Kier alpha value is -5.18. The highest BCUT2D eigenvalue weighted by atomic mass is 16.5. The van der Waals surface area contributed by atoms with Gasteiger partial charge in [-0.05, 0) is 54.1 Å². The van der Waals surface area contributed by atoms with Crippen LogP contribution < -0.4 is 25.0 Å². The normalized spacial score (nSPS) is 10.7. The molecule has 192 valence electrons. The number of nitrogens with zero attached hydrogens (tertiary/aromatic N) is 1. The number of ether oxygens (including phenoxy) is 3. The molecule has 9 heteroatoms. The molecule has 4 aromatic rings. The number of hydrazone groups is 1. The standard InChI is InChI=1S/C29H25N3O6/c1-18-8-12-21(13-9-18)31-27(33)28(34)32-30-17-23-22-7-5-4-6-19(22)10-14-24(23)38-29(35)20-11-15-25(36-2)26(16-20)37-3/h4-17H,1-3H3,(H,31,33)(H,32,34)/b30-17+. The molecule has 0 saturated carbocycles. The number of rotatable bonds is 7. The topological polar surface area (TPSA) is 115 Å². The highest BCUT2D eigenvalue weighted by Crippen LogP contribution is 2.30. The van der Waals surface area contributed by atoms with Crippen LogP contribution in [-0.2, 0) is 9.59 Å². The molecule has 0 aromatic heterocycles. The Morgan fingerprint density at radius 1 is 0.789 bits per heavy atom. The summed E-state index contributed by atoms with van der Waals surface area (Å²) in [5, 5.41) is 8.05. The van der Waals surface area contributed by atoms with Gasteiger partial charge in [-0.3, -0.25) is 9.59 Å². The van der Waals surface area contributed by atoms with E-state index < -0.39 is 17.8 Å². The van der Waals surface area contributed by atoms with E-state index in [1.807, 2.05) is 43.3 Å². The van der Waals surface area contributed by atoms with Gasteiger partial charge < -0.3 is 19.5 Å². The van der Waals surface area contributed by atoms with Gasteiger partial charge in [-0.1, -0.05) is 48.0 Å². The van der Waals surface area contributed by atoms with Gasteiger partial charge in [0, 0.05) is 11.3 Å². The molecule has 0 radical (unpaired) electrons. The quantitative estimate of drug-likeness (QED) is 0.124. The second-order valence-corrected chi connectivity index (χ2v) is 8.18. The monoisotopic (exact) mass is 511 g/mol. The first kappa shape index (κ1) is 25.9. The third-order valence-electron chi connectivity index (χ3n) is 5.63. The number of carbonyl (C=O) groups is 3. The van der Waals surface area contributed by atoms with E-state index in [4.69, 9.17) is 14.2 Å². The van der Waals surface area contributed by atoms with E-state index >= 15 is 0 Å². The fourth-order valence-electron chi connectivity index (χ4n) is 3.65. The third kappa shape index (κ3) is 5.96. The summed E-state index contributed by atoms with van der Waals surface area (Å²) in [4.78, 5) is 37.5. The van der Waals surface area contributed by atoms with Crippen molar-refractivity contribution in [1.82, 2.24) is 5.43 Å². The van der Waals surface area contributed by atoms with Gasteiger partial charge in [0.25, 0.3) is 0 Å².